The third kappa shape index (κ3) is 7.06. The highest BCUT2D eigenvalue weighted by Gasteiger charge is 2.21. The molecule has 0 aliphatic carbocycles. The van der Waals surface area contributed by atoms with Gasteiger partial charge in [0.2, 0.25) is 0 Å². The van der Waals surface area contributed by atoms with Crippen LogP contribution in [0.2, 0.25) is 0 Å². The van der Waals surface area contributed by atoms with E-state index in [0.717, 1.165) is 19.5 Å². The number of aromatic nitrogens is 1. The molecule has 1 unspecified atom stereocenters. The number of carboxylic acid groups (broad SMARTS) is 2. The maximum absolute atomic E-state index is 9.55. The predicted octanol–water partition coefficient (Wildman–Crippen LogP) is 0.748. The summed E-state index contributed by atoms with van der Waals surface area (Å²) in [7, 11) is 2.07. The molecule has 8 nitrogen and oxygen atoms in total. The standard InChI is InChI=1S/C11H13N3O.C4H4O4/c1-14-5-3-10(8-14)15-11-7-13-4-2-9(11)6-12;5-3(6)1-2-4(7)8/h2,4,7,10H,3,5,8H2,1H3;1-2H,(H,5,6)(H,7,8). The van der Waals surface area contributed by atoms with Crippen molar-refractivity contribution in [2.24, 2.45) is 0 Å². The quantitative estimate of drug-likeness (QED) is 0.779. The van der Waals surface area contributed by atoms with Crippen molar-refractivity contribution in [2.75, 3.05) is 20.1 Å². The first-order valence-corrected chi connectivity index (χ1v) is 6.75. The Morgan fingerprint density at radius 2 is 2.09 bits per heavy atom. The number of likely N-dealkylation sites (N-methyl/N-ethyl adjacent to an activating group) is 1. The van der Waals surface area contributed by atoms with E-state index in [1.807, 2.05) is 0 Å². The summed E-state index contributed by atoms with van der Waals surface area (Å²) in [5, 5.41) is 24.5. The average molecular weight is 319 g/mol. The molecule has 0 saturated carbocycles. The van der Waals surface area contributed by atoms with Crippen LogP contribution in [-0.4, -0.2) is 58.3 Å². The number of pyridine rings is 1. The van der Waals surface area contributed by atoms with Crippen molar-refractivity contribution < 1.29 is 24.5 Å². The number of rotatable bonds is 4. The normalized spacial score (nSPS) is 17.1. The number of hydrogen-bond acceptors (Lipinski definition) is 6. The Balaban J connectivity index is 0.000000284. The Bertz CT molecular complexity index is 608. The van der Waals surface area contributed by atoms with Crippen LogP contribution in [0.1, 0.15) is 12.0 Å². The lowest BCUT2D eigenvalue weighted by molar-refractivity contribution is -0.134. The molecule has 0 radical (unpaired) electrons. The van der Waals surface area contributed by atoms with Gasteiger partial charge in [0.25, 0.3) is 0 Å². The molecular weight excluding hydrogens is 302 g/mol. The van der Waals surface area contributed by atoms with E-state index in [0.29, 0.717) is 23.5 Å². The molecule has 1 atom stereocenters. The van der Waals surface area contributed by atoms with E-state index in [4.69, 9.17) is 20.2 Å². The molecule has 1 aliphatic rings. The number of carbonyl (C=O) groups is 2. The third-order valence-corrected chi connectivity index (χ3v) is 2.92. The van der Waals surface area contributed by atoms with E-state index in [9.17, 15) is 9.59 Å². The Hall–Kier alpha value is -2.92. The summed E-state index contributed by atoms with van der Waals surface area (Å²) in [5.74, 6) is -1.92. The first kappa shape index (κ1) is 18.1. The van der Waals surface area contributed by atoms with Crippen LogP contribution < -0.4 is 4.74 Å². The van der Waals surface area contributed by atoms with Crippen LogP contribution in [0.5, 0.6) is 5.75 Å². The largest absolute Gasteiger partial charge is 0.486 e. The highest BCUT2D eigenvalue weighted by Crippen LogP contribution is 2.20. The number of aliphatic carboxylic acids is 2. The predicted molar refractivity (Wildman–Crippen MR) is 79.9 cm³/mol. The molecule has 23 heavy (non-hydrogen) atoms. The lowest BCUT2D eigenvalue weighted by atomic mass is 10.2. The van der Waals surface area contributed by atoms with Gasteiger partial charge >= 0.3 is 11.9 Å². The Labute approximate surface area is 133 Å². The van der Waals surface area contributed by atoms with Crippen LogP contribution in [0.25, 0.3) is 0 Å². The molecule has 1 aromatic rings. The molecule has 0 spiro atoms. The summed E-state index contributed by atoms with van der Waals surface area (Å²) in [4.78, 5) is 25.3. The number of hydrogen-bond donors (Lipinski definition) is 2. The van der Waals surface area contributed by atoms with Crippen molar-refractivity contribution in [3.05, 3.63) is 36.2 Å². The first-order chi connectivity index (χ1) is 10.9. The van der Waals surface area contributed by atoms with Crippen molar-refractivity contribution in [3.63, 3.8) is 0 Å². The molecule has 0 amide bonds. The van der Waals surface area contributed by atoms with Gasteiger partial charge in [0.05, 0.1) is 11.8 Å². The van der Waals surface area contributed by atoms with E-state index < -0.39 is 11.9 Å². The molecule has 1 saturated heterocycles. The second-order valence-corrected chi connectivity index (χ2v) is 4.78. The van der Waals surface area contributed by atoms with Crippen LogP contribution >= 0.6 is 0 Å². The van der Waals surface area contributed by atoms with E-state index >= 15 is 0 Å². The summed E-state index contributed by atoms with van der Waals surface area (Å²) in [5.41, 5.74) is 0.555. The third-order valence-electron chi connectivity index (χ3n) is 2.92. The van der Waals surface area contributed by atoms with Crippen molar-refractivity contribution >= 4 is 11.9 Å². The van der Waals surface area contributed by atoms with E-state index in [1.54, 1.807) is 18.5 Å². The molecule has 1 aliphatic heterocycles. The fraction of sp³-hybridized carbons (Fsp3) is 0.333. The minimum absolute atomic E-state index is 0.186. The summed E-state index contributed by atoms with van der Waals surface area (Å²) in [6.07, 6.45) is 5.52. The summed E-state index contributed by atoms with van der Waals surface area (Å²) in [6, 6.07) is 3.78. The van der Waals surface area contributed by atoms with Gasteiger partial charge in [0, 0.05) is 31.4 Å². The molecular formula is C15H17N3O5. The maximum Gasteiger partial charge on any atom is 0.328 e. The van der Waals surface area contributed by atoms with Gasteiger partial charge in [-0.2, -0.15) is 5.26 Å². The van der Waals surface area contributed by atoms with Crippen LogP contribution in [0.4, 0.5) is 0 Å². The molecule has 1 aromatic heterocycles. The molecule has 2 N–H and O–H groups in total. The maximum atomic E-state index is 9.55. The molecule has 0 bridgehead atoms. The van der Waals surface area contributed by atoms with E-state index in [-0.39, 0.29) is 6.10 Å². The van der Waals surface area contributed by atoms with Gasteiger partial charge in [-0.25, -0.2) is 9.59 Å². The van der Waals surface area contributed by atoms with Crippen LogP contribution in [0.15, 0.2) is 30.6 Å². The second-order valence-electron chi connectivity index (χ2n) is 4.78. The molecule has 2 heterocycles. The Kier molecular flexibility index (Phi) is 7.23. The van der Waals surface area contributed by atoms with Gasteiger partial charge in [0.1, 0.15) is 12.2 Å². The Morgan fingerprint density at radius 1 is 1.43 bits per heavy atom. The van der Waals surface area contributed by atoms with Crippen LogP contribution in [0, 0.1) is 11.3 Å². The fourth-order valence-corrected chi connectivity index (χ4v) is 1.88. The van der Waals surface area contributed by atoms with Gasteiger partial charge < -0.3 is 19.8 Å². The van der Waals surface area contributed by atoms with Crippen molar-refractivity contribution in [1.29, 1.82) is 5.26 Å². The van der Waals surface area contributed by atoms with E-state index in [1.165, 1.54) is 0 Å². The van der Waals surface area contributed by atoms with Crippen LogP contribution in [0.3, 0.4) is 0 Å². The number of likely N-dealkylation sites (tertiary alicyclic amines) is 1. The molecule has 8 heteroatoms. The van der Waals surface area contributed by atoms with Crippen molar-refractivity contribution in [2.45, 2.75) is 12.5 Å². The summed E-state index contributed by atoms with van der Waals surface area (Å²) < 4.78 is 5.74. The number of carboxylic acids is 2. The molecule has 0 aromatic carbocycles. The monoisotopic (exact) mass is 319 g/mol. The molecule has 122 valence electrons. The smallest absolute Gasteiger partial charge is 0.328 e. The molecule has 1 fully saturated rings. The summed E-state index contributed by atoms with van der Waals surface area (Å²) in [6.45, 7) is 1.96. The highest BCUT2D eigenvalue weighted by atomic mass is 16.5. The van der Waals surface area contributed by atoms with Crippen molar-refractivity contribution in [3.8, 4) is 11.8 Å². The zero-order valence-electron chi connectivity index (χ0n) is 12.5. The lowest BCUT2D eigenvalue weighted by Crippen LogP contribution is -2.21. The highest BCUT2D eigenvalue weighted by molar-refractivity contribution is 5.89. The average Bonchev–Trinajstić information content (AvgIpc) is 2.91. The fourth-order valence-electron chi connectivity index (χ4n) is 1.88. The summed E-state index contributed by atoms with van der Waals surface area (Å²) >= 11 is 0. The topological polar surface area (TPSA) is 124 Å². The van der Waals surface area contributed by atoms with E-state index in [2.05, 4.69) is 23.0 Å². The number of nitriles is 1. The second kappa shape index (κ2) is 9.17. The van der Waals surface area contributed by atoms with Gasteiger partial charge in [0.15, 0.2) is 5.75 Å². The van der Waals surface area contributed by atoms with Gasteiger partial charge in [-0.1, -0.05) is 0 Å². The van der Waals surface area contributed by atoms with Gasteiger partial charge in [-0.15, -0.1) is 0 Å². The zero-order valence-corrected chi connectivity index (χ0v) is 12.5. The Morgan fingerprint density at radius 3 is 2.57 bits per heavy atom. The lowest BCUT2D eigenvalue weighted by Gasteiger charge is -2.13. The zero-order chi connectivity index (χ0) is 17.2. The first-order valence-electron chi connectivity index (χ1n) is 6.75. The van der Waals surface area contributed by atoms with Gasteiger partial charge in [-0.05, 0) is 19.5 Å². The van der Waals surface area contributed by atoms with Crippen LogP contribution in [-0.2, 0) is 9.59 Å². The minimum atomic E-state index is -1.26. The SMILES string of the molecule is CN1CCC(Oc2cnccc2C#N)C1.O=C(O)C=CC(=O)O. The minimum Gasteiger partial charge on any atom is -0.486 e. The molecule has 2 rings (SSSR count). The number of ether oxygens (including phenoxy) is 1. The number of nitrogens with zero attached hydrogens (tertiary/aromatic N) is 3. The van der Waals surface area contributed by atoms with Gasteiger partial charge in [-0.3, -0.25) is 4.98 Å². The van der Waals surface area contributed by atoms with Crippen molar-refractivity contribution in [1.82, 2.24) is 9.88 Å².